The van der Waals surface area contributed by atoms with Crippen LogP contribution >= 0.6 is 0 Å². The first-order valence-corrected chi connectivity index (χ1v) is 11.6. The Kier molecular flexibility index (Phi) is 7.46. The van der Waals surface area contributed by atoms with Gasteiger partial charge >= 0.3 is 0 Å². The van der Waals surface area contributed by atoms with Crippen LogP contribution in [0.2, 0.25) is 0 Å². The molecule has 1 aliphatic heterocycles. The second-order valence-corrected chi connectivity index (χ2v) is 9.24. The molecule has 1 amide bonds. The van der Waals surface area contributed by atoms with E-state index in [1.165, 1.54) is 12.1 Å². The van der Waals surface area contributed by atoms with E-state index in [1.807, 2.05) is 19.1 Å². The number of rotatable bonds is 9. The van der Waals surface area contributed by atoms with Crippen molar-refractivity contribution in [1.29, 1.82) is 0 Å². The van der Waals surface area contributed by atoms with Crippen LogP contribution in [0.4, 0.5) is 5.69 Å². The summed E-state index contributed by atoms with van der Waals surface area (Å²) in [5.41, 5.74) is 0.603. The minimum atomic E-state index is -3.56. The first-order valence-electron chi connectivity index (χ1n) is 10.1. The zero-order valence-electron chi connectivity index (χ0n) is 16.8. The molecular weight excluding hydrogens is 390 g/mol. The van der Waals surface area contributed by atoms with E-state index in [9.17, 15) is 13.2 Å². The number of amides is 1. The summed E-state index contributed by atoms with van der Waals surface area (Å²) in [6.07, 6.45) is 4.80. The monoisotopic (exact) mass is 419 g/mol. The predicted octanol–water partition coefficient (Wildman–Crippen LogP) is 3.21. The van der Waals surface area contributed by atoms with Crippen LogP contribution in [0.3, 0.4) is 0 Å². The summed E-state index contributed by atoms with van der Waals surface area (Å²) in [6, 6.07) is 10.2. The Morgan fingerprint density at radius 2 is 1.90 bits per heavy atom. The van der Waals surface area contributed by atoms with E-state index in [0.717, 1.165) is 44.7 Å². The summed E-state index contributed by atoms with van der Waals surface area (Å²) in [5.74, 6) is 1.21. The molecule has 0 aliphatic carbocycles. The summed E-state index contributed by atoms with van der Waals surface area (Å²) in [7, 11) is -3.56. The van der Waals surface area contributed by atoms with Crippen molar-refractivity contribution in [3.63, 3.8) is 0 Å². The Bertz CT molecular complexity index is 871. The molecule has 0 radical (unpaired) electrons. The molecule has 1 aliphatic rings. The van der Waals surface area contributed by atoms with Crippen LogP contribution in [0.1, 0.15) is 38.4 Å². The third-order valence-electron chi connectivity index (χ3n) is 5.15. The van der Waals surface area contributed by atoms with E-state index in [4.69, 9.17) is 4.42 Å². The van der Waals surface area contributed by atoms with Gasteiger partial charge < -0.3 is 9.73 Å². The topological polar surface area (TPSA) is 91.6 Å². The molecule has 7 nitrogen and oxygen atoms in total. The highest BCUT2D eigenvalue weighted by molar-refractivity contribution is 7.89. The molecule has 0 atom stereocenters. The third-order valence-corrected chi connectivity index (χ3v) is 6.59. The van der Waals surface area contributed by atoms with Gasteiger partial charge in [-0.1, -0.05) is 6.92 Å². The average molecular weight is 420 g/mol. The molecule has 1 saturated heterocycles. The van der Waals surface area contributed by atoms with E-state index >= 15 is 0 Å². The van der Waals surface area contributed by atoms with Gasteiger partial charge in [0.1, 0.15) is 5.76 Å². The molecular formula is C21H29N3O4S. The molecule has 1 aromatic heterocycles. The molecule has 0 bridgehead atoms. The van der Waals surface area contributed by atoms with Crippen LogP contribution in [-0.4, -0.2) is 38.9 Å². The molecule has 158 valence electrons. The Morgan fingerprint density at radius 3 is 2.52 bits per heavy atom. The first kappa shape index (κ1) is 21.5. The van der Waals surface area contributed by atoms with Gasteiger partial charge in [-0.2, -0.15) is 0 Å². The lowest BCUT2D eigenvalue weighted by molar-refractivity contribution is -0.116. The van der Waals surface area contributed by atoms with Gasteiger partial charge in [-0.15, -0.1) is 0 Å². The highest BCUT2D eigenvalue weighted by atomic mass is 32.2. The number of carbonyl (C=O) groups excluding carboxylic acids is 1. The van der Waals surface area contributed by atoms with Crippen LogP contribution in [-0.2, 0) is 21.4 Å². The number of hydrogen-bond acceptors (Lipinski definition) is 5. The maximum absolute atomic E-state index is 12.6. The fraction of sp³-hybridized carbons (Fsp3) is 0.476. The number of carbonyl (C=O) groups is 1. The first-order chi connectivity index (χ1) is 14.0. The maximum atomic E-state index is 12.6. The molecule has 1 aromatic carbocycles. The Balaban J connectivity index is 1.45. The van der Waals surface area contributed by atoms with Gasteiger partial charge in [0.25, 0.3) is 0 Å². The molecule has 29 heavy (non-hydrogen) atoms. The third kappa shape index (κ3) is 6.42. The summed E-state index contributed by atoms with van der Waals surface area (Å²) in [4.78, 5) is 14.2. The molecule has 0 saturated carbocycles. The average Bonchev–Trinajstić information content (AvgIpc) is 3.21. The Labute approximate surface area is 172 Å². The van der Waals surface area contributed by atoms with E-state index in [1.54, 1.807) is 18.4 Å². The minimum absolute atomic E-state index is 0.0698. The molecule has 2 aromatic rings. The second kappa shape index (κ2) is 10.0. The Hall–Kier alpha value is -2.16. The van der Waals surface area contributed by atoms with Crippen molar-refractivity contribution in [3.05, 3.63) is 48.4 Å². The van der Waals surface area contributed by atoms with Crippen LogP contribution in [0.15, 0.2) is 52.0 Å². The Morgan fingerprint density at radius 1 is 1.17 bits per heavy atom. The lowest BCUT2D eigenvalue weighted by Crippen LogP contribution is -2.38. The van der Waals surface area contributed by atoms with Crippen LogP contribution < -0.4 is 10.0 Å². The van der Waals surface area contributed by atoms with Gasteiger partial charge in [0.15, 0.2) is 0 Å². The van der Waals surface area contributed by atoms with E-state index in [0.29, 0.717) is 24.6 Å². The molecule has 2 heterocycles. The summed E-state index contributed by atoms with van der Waals surface area (Å²) >= 11 is 0. The molecule has 0 unspecified atom stereocenters. The van der Waals surface area contributed by atoms with Crippen molar-refractivity contribution >= 4 is 21.6 Å². The largest absolute Gasteiger partial charge is 0.468 e. The number of anilines is 1. The predicted molar refractivity (Wildman–Crippen MR) is 112 cm³/mol. The van der Waals surface area contributed by atoms with Gasteiger partial charge in [-0.05, 0) is 74.7 Å². The molecule has 2 N–H and O–H groups in total. The van der Waals surface area contributed by atoms with Crippen molar-refractivity contribution in [2.45, 2.75) is 44.0 Å². The SMILES string of the molecule is CCCC(=O)Nc1ccc(S(=O)(=O)NCC2CCN(Cc3ccco3)CC2)cc1. The van der Waals surface area contributed by atoms with E-state index in [-0.39, 0.29) is 10.8 Å². The lowest BCUT2D eigenvalue weighted by atomic mass is 9.97. The molecule has 0 spiro atoms. The number of nitrogens with one attached hydrogen (secondary N) is 2. The van der Waals surface area contributed by atoms with Crippen molar-refractivity contribution in [2.24, 2.45) is 5.92 Å². The van der Waals surface area contributed by atoms with Gasteiger partial charge in [-0.25, -0.2) is 13.1 Å². The lowest BCUT2D eigenvalue weighted by Gasteiger charge is -2.31. The summed E-state index contributed by atoms with van der Waals surface area (Å²) < 4.78 is 33.3. The molecule has 3 rings (SSSR count). The number of hydrogen-bond donors (Lipinski definition) is 2. The zero-order chi connectivity index (χ0) is 20.7. The zero-order valence-corrected chi connectivity index (χ0v) is 17.6. The smallest absolute Gasteiger partial charge is 0.240 e. The standard InChI is InChI=1S/C21H29N3O4S/c1-2-4-21(25)23-18-6-8-20(9-7-18)29(26,27)22-15-17-10-12-24(13-11-17)16-19-5-3-14-28-19/h3,5-9,14,17,22H,2,4,10-13,15-16H2,1H3,(H,23,25). The van der Waals surface area contributed by atoms with Crippen LogP contribution in [0.5, 0.6) is 0 Å². The number of furan rings is 1. The van der Waals surface area contributed by atoms with Crippen LogP contribution in [0.25, 0.3) is 0 Å². The van der Waals surface area contributed by atoms with E-state index in [2.05, 4.69) is 14.9 Å². The van der Waals surface area contributed by atoms with Gasteiger partial charge in [0.05, 0.1) is 17.7 Å². The second-order valence-electron chi connectivity index (χ2n) is 7.47. The fourth-order valence-electron chi connectivity index (χ4n) is 3.45. The number of sulfonamides is 1. The molecule has 1 fully saturated rings. The maximum Gasteiger partial charge on any atom is 0.240 e. The van der Waals surface area contributed by atoms with Crippen molar-refractivity contribution in [3.8, 4) is 0 Å². The number of piperidine rings is 1. The highest BCUT2D eigenvalue weighted by Crippen LogP contribution is 2.20. The van der Waals surface area contributed by atoms with Gasteiger partial charge in [0.2, 0.25) is 15.9 Å². The normalized spacial score (nSPS) is 16.0. The van der Waals surface area contributed by atoms with Crippen molar-refractivity contribution in [2.75, 3.05) is 25.0 Å². The highest BCUT2D eigenvalue weighted by Gasteiger charge is 2.22. The number of likely N-dealkylation sites (tertiary alicyclic amines) is 1. The summed E-state index contributed by atoms with van der Waals surface area (Å²) in [6.45, 7) is 5.03. The van der Waals surface area contributed by atoms with Crippen LogP contribution in [0, 0.1) is 5.92 Å². The quantitative estimate of drug-likeness (QED) is 0.651. The van der Waals surface area contributed by atoms with Crippen molar-refractivity contribution in [1.82, 2.24) is 9.62 Å². The van der Waals surface area contributed by atoms with Gasteiger partial charge in [0, 0.05) is 18.7 Å². The number of nitrogens with zero attached hydrogens (tertiary/aromatic N) is 1. The fourth-order valence-corrected chi connectivity index (χ4v) is 4.57. The van der Waals surface area contributed by atoms with Gasteiger partial charge in [-0.3, -0.25) is 9.69 Å². The molecule has 8 heteroatoms. The van der Waals surface area contributed by atoms with Crippen molar-refractivity contribution < 1.29 is 17.6 Å². The minimum Gasteiger partial charge on any atom is -0.468 e. The van der Waals surface area contributed by atoms with E-state index < -0.39 is 10.0 Å². The summed E-state index contributed by atoms with van der Waals surface area (Å²) in [5, 5.41) is 2.76. The number of benzene rings is 1.